The lowest BCUT2D eigenvalue weighted by Crippen LogP contribution is -2.32. The Morgan fingerprint density at radius 1 is 1.41 bits per heavy atom. The van der Waals surface area contributed by atoms with Crippen LogP contribution in [0.2, 0.25) is 0 Å². The van der Waals surface area contributed by atoms with Gasteiger partial charge in [0.05, 0.1) is 0 Å². The molecule has 1 aromatic rings. The molecule has 0 spiro atoms. The molecule has 94 valence electrons. The second-order valence-corrected chi connectivity index (χ2v) is 5.30. The van der Waals surface area contributed by atoms with Crippen molar-refractivity contribution in [1.82, 2.24) is 5.32 Å². The van der Waals surface area contributed by atoms with E-state index in [2.05, 4.69) is 12.2 Å². The van der Waals surface area contributed by atoms with Crippen molar-refractivity contribution in [2.24, 2.45) is 0 Å². The highest BCUT2D eigenvalue weighted by molar-refractivity contribution is 7.99. The Balaban J connectivity index is 2.40. The second-order valence-electron chi connectivity index (χ2n) is 3.91. The minimum Gasteiger partial charge on any atom is -0.508 e. The molecule has 2 N–H and O–H groups in total. The maximum Gasteiger partial charge on any atom is 0.251 e. The molecule has 0 saturated carbocycles. The van der Waals surface area contributed by atoms with Crippen LogP contribution in [0.3, 0.4) is 0 Å². The van der Waals surface area contributed by atoms with Crippen LogP contribution in [0.1, 0.15) is 30.6 Å². The summed E-state index contributed by atoms with van der Waals surface area (Å²) in [5, 5.41) is 12.1. The Bertz CT molecular complexity index is 351. The van der Waals surface area contributed by atoms with Gasteiger partial charge in [0.15, 0.2) is 0 Å². The standard InChI is InChI=1S/C13H19NO2S/c1-3-17-9-8-10(2)14-13(16)11-4-6-12(15)7-5-11/h4-7,10,15H,3,8-9H2,1-2H3,(H,14,16). The van der Waals surface area contributed by atoms with Crippen molar-refractivity contribution >= 4 is 17.7 Å². The third kappa shape index (κ3) is 5.13. The largest absolute Gasteiger partial charge is 0.508 e. The van der Waals surface area contributed by atoms with Crippen molar-refractivity contribution in [3.05, 3.63) is 29.8 Å². The zero-order chi connectivity index (χ0) is 12.7. The predicted octanol–water partition coefficient (Wildman–Crippen LogP) is 2.65. The van der Waals surface area contributed by atoms with E-state index in [-0.39, 0.29) is 17.7 Å². The Labute approximate surface area is 107 Å². The average molecular weight is 253 g/mol. The molecule has 3 nitrogen and oxygen atoms in total. The number of rotatable bonds is 6. The lowest BCUT2D eigenvalue weighted by Gasteiger charge is -2.13. The zero-order valence-electron chi connectivity index (χ0n) is 10.3. The zero-order valence-corrected chi connectivity index (χ0v) is 11.1. The summed E-state index contributed by atoms with van der Waals surface area (Å²) in [6, 6.07) is 6.46. The van der Waals surface area contributed by atoms with Crippen LogP contribution in [0.15, 0.2) is 24.3 Å². The number of phenolic OH excluding ortho intramolecular Hbond substituents is 1. The summed E-state index contributed by atoms with van der Waals surface area (Å²) in [5.41, 5.74) is 0.581. The Morgan fingerprint density at radius 3 is 2.65 bits per heavy atom. The van der Waals surface area contributed by atoms with Crippen LogP contribution < -0.4 is 5.32 Å². The van der Waals surface area contributed by atoms with Gasteiger partial charge in [0.1, 0.15) is 5.75 Å². The molecule has 0 fully saturated rings. The van der Waals surface area contributed by atoms with E-state index >= 15 is 0 Å². The van der Waals surface area contributed by atoms with Crippen molar-refractivity contribution in [2.75, 3.05) is 11.5 Å². The predicted molar refractivity (Wildman–Crippen MR) is 72.7 cm³/mol. The van der Waals surface area contributed by atoms with E-state index in [9.17, 15) is 4.79 Å². The summed E-state index contributed by atoms with van der Waals surface area (Å²) < 4.78 is 0. The van der Waals surface area contributed by atoms with Crippen LogP contribution in [-0.4, -0.2) is 28.6 Å². The van der Waals surface area contributed by atoms with Gasteiger partial charge in [-0.3, -0.25) is 4.79 Å². The Hall–Kier alpha value is -1.16. The average Bonchev–Trinajstić information content (AvgIpc) is 2.30. The molecule has 1 amide bonds. The van der Waals surface area contributed by atoms with Gasteiger partial charge in [-0.15, -0.1) is 0 Å². The van der Waals surface area contributed by atoms with Crippen LogP contribution in [0.5, 0.6) is 5.75 Å². The number of amides is 1. The lowest BCUT2D eigenvalue weighted by molar-refractivity contribution is 0.0939. The first-order valence-corrected chi connectivity index (χ1v) is 6.96. The van der Waals surface area contributed by atoms with Crippen molar-refractivity contribution in [1.29, 1.82) is 0 Å². The summed E-state index contributed by atoms with van der Waals surface area (Å²) in [6.45, 7) is 4.14. The van der Waals surface area contributed by atoms with Crippen LogP contribution >= 0.6 is 11.8 Å². The van der Waals surface area contributed by atoms with Gasteiger partial charge in [-0.2, -0.15) is 11.8 Å². The number of carbonyl (C=O) groups excluding carboxylic acids is 1. The van der Waals surface area contributed by atoms with E-state index in [0.717, 1.165) is 17.9 Å². The Kier molecular flexibility index (Phi) is 5.91. The molecule has 0 aromatic heterocycles. The fourth-order valence-electron chi connectivity index (χ4n) is 1.40. The number of nitrogens with one attached hydrogen (secondary N) is 1. The molecular formula is C13H19NO2S. The van der Waals surface area contributed by atoms with E-state index in [1.54, 1.807) is 12.1 Å². The smallest absolute Gasteiger partial charge is 0.251 e. The molecule has 0 aliphatic carbocycles. The normalized spacial score (nSPS) is 12.1. The quantitative estimate of drug-likeness (QED) is 0.766. The van der Waals surface area contributed by atoms with Gasteiger partial charge in [-0.05, 0) is 49.1 Å². The molecule has 1 atom stereocenters. The van der Waals surface area contributed by atoms with E-state index in [0.29, 0.717) is 5.56 Å². The van der Waals surface area contributed by atoms with Crippen molar-refractivity contribution in [3.63, 3.8) is 0 Å². The first-order chi connectivity index (χ1) is 8.13. The SMILES string of the molecule is CCSCCC(C)NC(=O)c1ccc(O)cc1. The highest BCUT2D eigenvalue weighted by Crippen LogP contribution is 2.10. The van der Waals surface area contributed by atoms with Crippen molar-refractivity contribution in [3.8, 4) is 5.75 Å². The van der Waals surface area contributed by atoms with Gasteiger partial charge in [-0.1, -0.05) is 6.92 Å². The molecule has 0 bridgehead atoms. The molecule has 0 heterocycles. The van der Waals surface area contributed by atoms with E-state index in [4.69, 9.17) is 5.11 Å². The summed E-state index contributed by atoms with van der Waals surface area (Å²) >= 11 is 1.88. The van der Waals surface area contributed by atoms with Gasteiger partial charge >= 0.3 is 0 Å². The van der Waals surface area contributed by atoms with Gasteiger partial charge in [0.2, 0.25) is 0 Å². The summed E-state index contributed by atoms with van der Waals surface area (Å²) in [4.78, 5) is 11.8. The number of carbonyl (C=O) groups is 1. The second kappa shape index (κ2) is 7.22. The van der Waals surface area contributed by atoms with Crippen molar-refractivity contribution < 1.29 is 9.90 Å². The topological polar surface area (TPSA) is 49.3 Å². The van der Waals surface area contributed by atoms with Gasteiger partial charge in [-0.25, -0.2) is 0 Å². The monoisotopic (exact) mass is 253 g/mol. The van der Waals surface area contributed by atoms with Gasteiger partial charge < -0.3 is 10.4 Å². The van der Waals surface area contributed by atoms with Crippen LogP contribution in [0, 0.1) is 0 Å². The molecule has 1 aromatic carbocycles. The third-order valence-electron chi connectivity index (χ3n) is 2.41. The minimum absolute atomic E-state index is 0.0843. The van der Waals surface area contributed by atoms with E-state index < -0.39 is 0 Å². The molecular weight excluding hydrogens is 234 g/mol. The van der Waals surface area contributed by atoms with E-state index in [1.165, 1.54) is 12.1 Å². The van der Waals surface area contributed by atoms with Crippen LogP contribution in [0.4, 0.5) is 0 Å². The number of phenols is 1. The van der Waals surface area contributed by atoms with E-state index in [1.807, 2.05) is 18.7 Å². The fraction of sp³-hybridized carbons (Fsp3) is 0.462. The molecule has 0 saturated heterocycles. The number of aromatic hydroxyl groups is 1. The highest BCUT2D eigenvalue weighted by atomic mass is 32.2. The molecule has 0 aliphatic heterocycles. The summed E-state index contributed by atoms with van der Waals surface area (Å²) in [5.74, 6) is 2.26. The van der Waals surface area contributed by atoms with Crippen LogP contribution in [-0.2, 0) is 0 Å². The molecule has 1 rings (SSSR count). The van der Waals surface area contributed by atoms with Crippen molar-refractivity contribution in [2.45, 2.75) is 26.3 Å². The van der Waals surface area contributed by atoms with Crippen LogP contribution in [0.25, 0.3) is 0 Å². The molecule has 4 heteroatoms. The fourth-order valence-corrected chi connectivity index (χ4v) is 2.21. The Morgan fingerprint density at radius 2 is 2.06 bits per heavy atom. The van der Waals surface area contributed by atoms with Gasteiger partial charge in [0, 0.05) is 11.6 Å². The maximum absolute atomic E-state index is 11.8. The third-order valence-corrected chi connectivity index (χ3v) is 3.34. The first-order valence-electron chi connectivity index (χ1n) is 5.81. The van der Waals surface area contributed by atoms with Gasteiger partial charge in [0.25, 0.3) is 5.91 Å². The number of benzene rings is 1. The summed E-state index contributed by atoms with van der Waals surface area (Å²) in [7, 11) is 0. The molecule has 1 unspecified atom stereocenters. The lowest BCUT2D eigenvalue weighted by atomic mass is 10.2. The number of hydrogen-bond donors (Lipinski definition) is 2. The minimum atomic E-state index is -0.0843. The highest BCUT2D eigenvalue weighted by Gasteiger charge is 2.09. The number of thioether (sulfide) groups is 1. The summed E-state index contributed by atoms with van der Waals surface area (Å²) in [6.07, 6.45) is 0.975. The first kappa shape index (κ1) is 13.9. The molecule has 17 heavy (non-hydrogen) atoms. The number of hydrogen-bond acceptors (Lipinski definition) is 3. The molecule has 0 aliphatic rings. The molecule has 0 radical (unpaired) electrons. The maximum atomic E-state index is 11.8.